The minimum Gasteiger partial charge on any atom is -0.378 e. The standard InChI is InChI=1S/C13H13BrClN3O2S/c1-18(2)11-5-3-4-10(7-11)17-21(19,20)12-6-9(14)8-16-13(12)15/h3-8,17H,1-2H3. The summed E-state index contributed by atoms with van der Waals surface area (Å²) in [5, 5.41) is -0.0746. The van der Waals surface area contributed by atoms with Crippen LogP contribution in [0.3, 0.4) is 0 Å². The molecule has 0 aliphatic rings. The molecular weight excluding hydrogens is 378 g/mol. The third-order valence-corrected chi connectivity index (χ3v) is 4.92. The largest absolute Gasteiger partial charge is 0.378 e. The second kappa shape index (κ2) is 6.21. The highest BCUT2D eigenvalue weighted by Crippen LogP contribution is 2.26. The van der Waals surface area contributed by atoms with E-state index in [0.717, 1.165) is 5.69 Å². The zero-order valence-electron chi connectivity index (χ0n) is 11.3. The van der Waals surface area contributed by atoms with Gasteiger partial charge in [0.25, 0.3) is 10.0 Å². The van der Waals surface area contributed by atoms with E-state index in [9.17, 15) is 8.42 Å². The van der Waals surface area contributed by atoms with Crippen molar-refractivity contribution in [2.45, 2.75) is 4.90 Å². The summed E-state index contributed by atoms with van der Waals surface area (Å²) in [5.41, 5.74) is 1.34. The lowest BCUT2D eigenvalue weighted by Crippen LogP contribution is -2.15. The highest BCUT2D eigenvalue weighted by atomic mass is 79.9. The Morgan fingerprint density at radius 3 is 2.67 bits per heavy atom. The van der Waals surface area contributed by atoms with Crippen LogP contribution in [0.2, 0.25) is 5.15 Å². The molecule has 112 valence electrons. The Labute approximate surface area is 137 Å². The first-order chi connectivity index (χ1) is 9.79. The quantitative estimate of drug-likeness (QED) is 0.813. The van der Waals surface area contributed by atoms with E-state index in [0.29, 0.717) is 10.2 Å². The molecule has 0 aliphatic carbocycles. The molecule has 21 heavy (non-hydrogen) atoms. The number of nitrogens with one attached hydrogen (secondary N) is 1. The van der Waals surface area contributed by atoms with Gasteiger partial charge in [-0.25, -0.2) is 13.4 Å². The number of pyridine rings is 1. The lowest BCUT2D eigenvalue weighted by Gasteiger charge is -2.15. The van der Waals surface area contributed by atoms with Crippen LogP contribution in [0.25, 0.3) is 0 Å². The van der Waals surface area contributed by atoms with Crippen LogP contribution in [0.1, 0.15) is 0 Å². The van der Waals surface area contributed by atoms with Crippen LogP contribution in [0.4, 0.5) is 11.4 Å². The summed E-state index contributed by atoms with van der Waals surface area (Å²) in [6, 6.07) is 8.47. The third kappa shape index (κ3) is 3.87. The highest BCUT2D eigenvalue weighted by molar-refractivity contribution is 9.10. The van der Waals surface area contributed by atoms with Crippen LogP contribution >= 0.6 is 27.5 Å². The van der Waals surface area contributed by atoms with Gasteiger partial charge in [-0.1, -0.05) is 17.7 Å². The van der Waals surface area contributed by atoms with Gasteiger partial charge in [-0.05, 0) is 40.2 Å². The Morgan fingerprint density at radius 1 is 1.29 bits per heavy atom. The van der Waals surface area contributed by atoms with Crippen LogP contribution in [0.15, 0.2) is 45.9 Å². The molecule has 0 fully saturated rings. The van der Waals surface area contributed by atoms with Crippen molar-refractivity contribution in [3.63, 3.8) is 0 Å². The molecule has 1 heterocycles. The fourth-order valence-corrected chi connectivity index (χ4v) is 3.64. The molecule has 0 radical (unpaired) electrons. The fraction of sp³-hybridized carbons (Fsp3) is 0.154. The summed E-state index contributed by atoms with van der Waals surface area (Å²) in [4.78, 5) is 5.63. The van der Waals surface area contributed by atoms with Crippen LogP contribution in [0, 0.1) is 0 Å². The molecule has 1 N–H and O–H groups in total. The van der Waals surface area contributed by atoms with Crippen LogP contribution in [-0.4, -0.2) is 27.5 Å². The minimum absolute atomic E-state index is 0.0746. The average molecular weight is 391 g/mol. The maximum absolute atomic E-state index is 12.4. The predicted octanol–water partition coefficient (Wildman–Crippen LogP) is 3.36. The number of hydrogen-bond donors (Lipinski definition) is 1. The summed E-state index contributed by atoms with van der Waals surface area (Å²) in [7, 11) is -0.0466. The number of benzene rings is 1. The van der Waals surface area contributed by atoms with Crippen LogP contribution in [-0.2, 0) is 10.0 Å². The molecule has 0 bridgehead atoms. The number of aromatic nitrogens is 1. The van der Waals surface area contributed by atoms with Crippen molar-refractivity contribution in [1.82, 2.24) is 4.98 Å². The first kappa shape index (κ1) is 16.1. The van der Waals surface area contributed by atoms with Gasteiger partial charge in [-0.3, -0.25) is 4.72 Å². The smallest absolute Gasteiger partial charge is 0.265 e. The van der Waals surface area contributed by atoms with Crippen molar-refractivity contribution in [1.29, 1.82) is 0 Å². The topological polar surface area (TPSA) is 62.3 Å². The molecular formula is C13H13BrClN3O2S. The van der Waals surface area contributed by atoms with Gasteiger partial charge in [0.05, 0.1) is 5.69 Å². The fourth-order valence-electron chi connectivity index (χ4n) is 1.65. The summed E-state index contributed by atoms with van der Waals surface area (Å²) >= 11 is 9.05. The summed E-state index contributed by atoms with van der Waals surface area (Å²) in [6.07, 6.45) is 1.44. The lowest BCUT2D eigenvalue weighted by atomic mass is 10.3. The van der Waals surface area contributed by atoms with Gasteiger partial charge in [0.15, 0.2) is 0 Å². The van der Waals surface area contributed by atoms with E-state index >= 15 is 0 Å². The predicted molar refractivity (Wildman–Crippen MR) is 88.5 cm³/mol. The van der Waals surface area contributed by atoms with Gasteiger partial charge in [0, 0.05) is 30.5 Å². The van der Waals surface area contributed by atoms with Crippen LogP contribution in [0.5, 0.6) is 0 Å². The first-order valence-electron chi connectivity index (χ1n) is 5.91. The minimum atomic E-state index is -3.80. The van der Waals surface area contributed by atoms with Gasteiger partial charge in [0.2, 0.25) is 0 Å². The van der Waals surface area contributed by atoms with Crippen molar-refractivity contribution in [2.24, 2.45) is 0 Å². The zero-order chi connectivity index (χ0) is 15.6. The normalized spacial score (nSPS) is 11.2. The number of hydrogen-bond acceptors (Lipinski definition) is 4. The molecule has 1 aromatic carbocycles. The summed E-state index contributed by atoms with van der Waals surface area (Å²) < 4.78 is 27.8. The Hall–Kier alpha value is -1.31. The Bertz CT molecular complexity index is 766. The van der Waals surface area contributed by atoms with Crippen molar-refractivity contribution >= 4 is 48.9 Å². The van der Waals surface area contributed by atoms with Gasteiger partial charge >= 0.3 is 0 Å². The highest BCUT2D eigenvalue weighted by Gasteiger charge is 2.19. The SMILES string of the molecule is CN(C)c1cccc(NS(=O)(=O)c2cc(Br)cnc2Cl)c1. The average Bonchev–Trinajstić information content (AvgIpc) is 2.41. The van der Waals surface area contributed by atoms with E-state index in [1.165, 1.54) is 12.3 Å². The van der Waals surface area contributed by atoms with Crippen molar-refractivity contribution in [2.75, 3.05) is 23.7 Å². The second-order valence-corrected chi connectivity index (χ2v) is 7.42. The molecule has 0 aliphatic heterocycles. The Balaban J connectivity index is 2.37. The molecule has 2 aromatic rings. The van der Waals surface area contributed by atoms with E-state index in [1.54, 1.807) is 18.2 Å². The van der Waals surface area contributed by atoms with E-state index < -0.39 is 10.0 Å². The van der Waals surface area contributed by atoms with E-state index in [2.05, 4.69) is 25.6 Å². The van der Waals surface area contributed by atoms with Gasteiger partial charge < -0.3 is 4.90 Å². The molecule has 8 heteroatoms. The lowest BCUT2D eigenvalue weighted by molar-refractivity contribution is 0.601. The monoisotopic (exact) mass is 389 g/mol. The molecule has 5 nitrogen and oxygen atoms in total. The number of rotatable bonds is 4. The molecule has 0 spiro atoms. The van der Waals surface area contributed by atoms with Gasteiger partial charge in [-0.15, -0.1) is 0 Å². The molecule has 2 rings (SSSR count). The Kier molecular flexibility index (Phi) is 4.75. The first-order valence-corrected chi connectivity index (χ1v) is 8.56. The molecule has 1 aromatic heterocycles. The molecule has 0 amide bonds. The second-order valence-electron chi connectivity index (χ2n) is 4.49. The van der Waals surface area contributed by atoms with Gasteiger partial charge in [0.1, 0.15) is 10.0 Å². The molecule has 0 saturated carbocycles. The maximum atomic E-state index is 12.4. The van der Waals surface area contributed by atoms with E-state index in [1.807, 2.05) is 25.1 Å². The number of halogens is 2. The van der Waals surface area contributed by atoms with E-state index in [4.69, 9.17) is 11.6 Å². The van der Waals surface area contributed by atoms with Gasteiger partial charge in [-0.2, -0.15) is 0 Å². The molecule has 0 atom stereocenters. The number of sulfonamides is 1. The third-order valence-electron chi connectivity index (χ3n) is 2.68. The maximum Gasteiger partial charge on any atom is 0.265 e. The Morgan fingerprint density at radius 2 is 2.00 bits per heavy atom. The molecule has 0 unspecified atom stereocenters. The molecule has 0 saturated heterocycles. The summed E-state index contributed by atoms with van der Waals surface area (Å²) in [6.45, 7) is 0. The van der Waals surface area contributed by atoms with Crippen molar-refractivity contribution in [3.8, 4) is 0 Å². The number of nitrogens with zero attached hydrogens (tertiary/aromatic N) is 2. The number of anilines is 2. The van der Waals surface area contributed by atoms with Crippen LogP contribution < -0.4 is 9.62 Å². The van der Waals surface area contributed by atoms with Crippen molar-refractivity contribution in [3.05, 3.63) is 46.2 Å². The van der Waals surface area contributed by atoms with Crippen molar-refractivity contribution < 1.29 is 8.42 Å². The summed E-state index contributed by atoms with van der Waals surface area (Å²) in [5.74, 6) is 0. The zero-order valence-corrected chi connectivity index (χ0v) is 14.5. The van der Waals surface area contributed by atoms with E-state index in [-0.39, 0.29) is 10.0 Å².